The van der Waals surface area contributed by atoms with E-state index in [0.717, 1.165) is 12.8 Å². The third-order valence-electron chi connectivity index (χ3n) is 5.57. The number of rotatable bonds is 10. The molecule has 0 amide bonds. The lowest BCUT2D eigenvalue weighted by Gasteiger charge is -2.11. The Hall–Kier alpha value is -1.78. The van der Waals surface area contributed by atoms with Crippen molar-refractivity contribution < 1.29 is 21.9 Å². The number of sulfonamides is 2. The van der Waals surface area contributed by atoms with Crippen molar-refractivity contribution in [1.29, 1.82) is 0 Å². The van der Waals surface area contributed by atoms with Crippen LogP contribution in [0.25, 0.3) is 11.1 Å². The van der Waals surface area contributed by atoms with Gasteiger partial charge in [0.05, 0.1) is 9.79 Å². The summed E-state index contributed by atoms with van der Waals surface area (Å²) < 4.78 is 55.8. The molecular weight excluding hydrogens is 448 g/mol. The SMILES string of the molecule is CC(C)CCNS(=O)(=O)c1ccc2c(c1)C(O)c1cc(S(=O)(=O)NCCC(C)C)ccc1-2. The number of aliphatic hydroxyl groups is 1. The van der Waals surface area contributed by atoms with E-state index in [1.165, 1.54) is 24.3 Å². The molecule has 0 saturated carbocycles. The van der Waals surface area contributed by atoms with Crippen LogP contribution in [0, 0.1) is 11.8 Å². The summed E-state index contributed by atoms with van der Waals surface area (Å²) in [6.07, 6.45) is 0.345. The predicted molar refractivity (Wildman–Crippen MR) is 125 cm³/mol. The van der Waals surface area contributed by atoms with Crippen LogP contribution in [0.4, 0.5) is 0 Å². The maximum absolute atomic E-state index is 12.6. The smallest absolute Gasteiger partial charge is 0.240 e. The molecule has 0 radical (unpaired) electrons. The summed E-state index contributed by atoms with van der Waals surface area (Å²) in [5.41, 5.74) is 2.30. The Labute approximate surface area is 191 Å². The van der Waals surface area contributed by atoms with E-state index < -0.39 is 26.2 Å². The van der Waals surface area contributed by atoms with Gasteiger partial charge in [-0.05, 0) is 71.2 Å². The first-order chi connectivity index (χ1) is 14.9. The van der Waals surface area contributed by atoms with Gasteiger partial charge in [-0.25, -0.2) is 26.3 Å². The van der Waals surface area contributed by atoms with Gasteiger partial charge < -0.3 is 5.11 Å². The molecule has 0 bridgehead atoms. The average Bonchev–Trinajstić information content (AvgIpc) is 2.98. The van der Waals surface area contributed by atoms with Gasteiger partial charge in [0.2, 0.25) is 20.0 Å². The van der Waals surface area contributed by atoms with E-state index in [1.807, 2.05) is 27.7 Å². The Morgan fingerprint density at radius 2 is 1.12 bits per heavy atom. The van der Waals surface area contributed by atoms with Crippen molar-refractivity contribution in [3.05, 3.63) is 47.5 Å². The summed E-state index contributed by atoms with van der Waals surface area (Å²) in [7, 11) is -7.41. The van der Waals surface area contributed by atoms with E-state index >= 15 is 0 Å². The molecule has 0 atom stereocenters. The van der Waals surface area contributed by atoms with E-state index in [-0.39, 0.29) is 9.79 Å². The van der Waals surface area contributed by atoms with Gasteiger partial charge in [0, 0.05) is 13.1 Å². The summed E-state index contributed by atoms with van der Waals surface area (Å²) in [5, 5.41) is 10.9. The lowest BCUT2D eigenvalue weighted by Crippen LogP contribution is -2.25. The van der Waals surface area contributed by atoms with Crippen molar-refractivity contribution in [3.8, 4) is 11.1 Å². The number of hydrogen-bond acceptors (Lipinski definition) is 5. The topological polar surface area (TPSA) is 113 Å². The molecule has 0 saturated heterocycles. The minimum Gasteiger partial charge on any atom is -0.384 e. The van der Waals surface area contributed by atoms with Gasteiger partial charge in [-0.2, -0.15) is 0 Å². The highest BCUT2D eigenvalue weighted by molar-refractivity contribution is 7.89. The number of benzene rings is 2. The molecule has 0 heterocycles. The first-order valence-electron chi connectivity index (χ1n) is 10.9. The molecule has 2 aromatic rings. The first kappa shape index (κ1) is 24.9. The zero-order valence-electron chi connectivity index (χ0n) is 18.9. The summed E-state index contributed by atoms with van der Waals surface area (Å²) in [6, 6.07) is 9.28. The number of hydrogen-bond donors (Lipinski definition) is 3. The molecule has 3 rings (SSSR count). The number of nitrogens with one attached hydrogen (secondary N) is 2. The molecule has 0 aliphatic heterocycles. The Bertz CT molecular complexity index is 1100. The van der Waals surface area contributed by atoms with Crippen molar-refractivity contribution in [2.24, 2.45) is 11.8 Å². The Morgan fingerprint density at radius 1 is 0.750 bits per heavy atom. The summed E-state index contributed by atoms with van der Waals surface area (Å²) in [5.74, 6) is 0.749. The molecule has 2 aromatic carbocycles. The molecule has 0 unspecified atom stereocenters. The molecule has 0 fully saturated rings. The second-order valence-corrected chi connectivity index (χ2v) is 12.6. The Kier molecular flexibility index (Phi) is 7.46. The molecule has 32 heavy (non-hydrogen) atoms. The van der Waals surface area contributed by atoms with Gasteiger partial charge in [0.15, 0.2) is 0 Å². The quantitative estimate of drug-likeness (QED) is 0.482. The fourth-order valence-corrected chi connectivity index (χ4v) is 5.82. The fraction of sp³-hybridized carbons (Fsp3) is 0.478. The van der Waals surface area contributed by atoms with Crippen LogP contribution in [-0.2, 0) is 20.0 Å². The molecule has 3 N–H and O–H groups in total. The van der Waals surface area contributed by atoms with Crippen LogP contribution in [0.1, 0.15) is 57.8 Å². The van der Waals surface area contributed by atoms with E-state index in [9.17, 15) is 21.9 Å². The summed E-state index contributed by atoms with van der Waals surface area (Å²) in [6.45, 7) is 8.75. The highest BCUT2D eigenvalue weighted by Crippen LogP contribution is 2.44. The lowest BCUT2D eigenvalue weighted by molar-refractivity contribution is 0.224. The lowest BCUT2D eigenvalue weighted by atomic mass is 10.1. The van der Waals surface area contributed by atoms with Gasteiger partial charge in [0.25, 0.3) is 0 Å². The van der Waals surface area contributed by atoms with E-state index in [1.54, 1.807) is 12.1 Å². The molecule has 1 aliphatic carbocycles. The van der Waals surface area contributed by atoms with Crippen LogP contribution in [-0.4, -0.2) is 35.0 Å². The molecular formula is C23H32N2O5S2. The van der Waals surface area contributed by atoms with E-state index in [4.69, 9.17) is 0 Å². The maximum atomic E-state index is 12.6. The molecule has 1 aliphatic rings. The molecule has 0 aromatic heterocycles. The first-order valence-corrected chi connectivity index (χ1v) is 13.8. The van der Waals surface area contributed by atoms with Crippen LogP contribution < -0.4 is 9.44 Å². The van der Waals surface area contributed by atoms with Gasteiger partial charge in [-0.3, -0.25) is 0 Å². The predicted octanol–water partition coefficient (Wildman–Crippen LogP) is 3.40. The monoisotopic (exact) mass is 480 g/mol. The normalized spacial score (nSPS) is 14.2. The van der Waals surface area contributed by atoms with Gasteiger partial charge in [-0.1, -0.05) is 39.8 Å². The standard InChI is InChI=1S/C23H32N2O5S2/c1-15(2)9-11-24-31(27,28)17-5-7-19-20-8-6-18(14-22(20)23(26)21(19)13-17)32(29,30)25-12-10-16(3)4/h5-8,13-16,23-26H,9-12H2,1-4H3. The van der Waals surface area contributed by atoms with Gasteiger partial charge in [0.1, 0.15) is 6.10 Å². The minimum atomic E-state index is -3.70. The molecule has 0 spiro atoms. The van der Waals surface area contributed by atoms with Crippen LogP contribution in [0.15, 0.2) is 46.2 Å². The zero-order chi connectivity index (χ0) is 23.7. The third kappa shape index (κ3) is 5.40. The van der Waals surface area contributed by atoms with Gasteiger partial charge >= 0.3 is 0 Å². The Balaban J connectivity index is 1.86. The largest absolute Gasteiger partial charge is 0.384 e. The Morgan fingerprint density at radius 3 is 1.47 bits per heavy atom. The maximum Gasteiger partial charge on any atom is 0.240 e. The summed E-state index contributed by atoms with van der Waals surface area (Å²) in [4.78, 5) is 0.158. The van der Waals surface area contributed by atoms with Crippen LogP contribution >= 0.6 is 0 Å². The summed E-state index contributed by atoms with van der Waals surface area (Å²) >= 11 is 0. The van der Waals surface area contributed by atoms with Crippen LogP contribution in [0.2, 0.25) is 0 Å². The number of fused-ring (bicyclic) bond motifs is 3. The van der Waals surface area contributed by atoms with E-state index in [0.29, 0.717) is 47.2 Å². The second-order valence-electron chi connectivity index (χ2n) is 9.06. The van der Waals surface area contributed by atoms with E-state index in [2.05, 4.69) is 9.44 Å². The van der Waals surface area contributed by atoms with Crippen LogP contribution in [0.5, 0.6) is 0 Å². The minimum absolute atomic E-state index is 0.0788. The van der Waals surface area contributed by atoms with Crippen molar-refractivity contribution in [2.45, 2.75) is 56.4 Å². The van der Waals surface area contributed by atoms with Crippen molar-refractivity contribution in [3.63, 3.8) is 0 Å². The number of aliphatic hydroxyl groups excluding tert-OH is 1. The fourth-order valence-electron chi connectivity index (χ4n) is 3.66. The average molecular weight is 481 g/mol. The highest BCUT2D eigenvalue weighted by Gasteiger charge is 2.30. The molecule has 176 valence electrons. The van der Waals surface area contributed by atoms with Crippen molar-refractivity contribution in [1.82, 2.24) is 9.44 Å². The zero-order valence-corrected chi connectivity index (χ0v) is 20.6. The van der Waals surface area contributed by atoms with Crippen molar-refractivity contribution in [2.75, 3.05) is 13.1 Å². The third-order valence-corrected chi connectivity index (χ3v) is 8.49. The second kappa shape index (κ2) is 9.61. The van der Waals surface area contributed by atoms with Crippen LogP contribution in [0.3, 0.4) is 0 Å². The molecule has 7 nitrogen and oxygen atoms in total. The van der Waals surface area contributed by atoms with Crippen molar-refractivity contribution >= 4 is 20.0 Å². The highest BCUT2D eigenvalue weighted by atomic mass is 32.2. The van der Waals surface area contributed by atoms with Gasteiger partial charge in [-0.15, -0.1) is 0 Å². The molecule has 9 heteroatoms.